The molecule has 4 heteroatoms. The quantitative estimate of drug-likeness (QED) is 0.687. The normalized spacial score (nSPS) is 10.1. The highest BCUT2D eigenvalue weighted by molar-refractivity contribution is 5.94. The van der Waals surface area contributed by atoms with Gasteiger partial charge in [-0.1, -0.05) is 0 Å². The van der Waals surface area contributed by atoms with Gasteiger partial charge in [-0.15, -0.1) is 0 Å². The first-order valence-corrected chi connectivity index (χ1v) is 4.32. The molecule has 0 radical (unpaired) electrons. The van der Waals surface area contributed by atoms with Gasteiger partial charge >= 0.3 is 0 Å². The molecular weight excluding hydrogens is 180 g/mol. The van der Waals surface area contributed by atoms with E-state index in [9.17, 15) is 4.79 Å². The van der Waals surface area contributed by atoms with E-state index in [1.807, 2.05) is 0 Å². The summed E-state index contributed by atoms with van der Waals surface area (Å²) in [4.78, 5) is 11.0. The standard InChI is InChI=1S/C10H14N2O2/c1-14-5-4-7-6-8(11)2-3-9(7)10(12)13/h2-3,6H,4-5,11H2,1H3,(H2,12,13). The SMILES string of the molecule is COCCc1cc(N)ccc1C(N)=O. The zero-order chi connectivity index (χ0) is 10.6. The first-order valence-electron chi connectivity index (χ1n) is 4.32. The summed E-state index contributed by atoms with van der Waals surface area (Å²) < 4.78 is 4.93. The summed E-state index contributed by atoms with van der Waals surface area (Å²) in [6.45, 7) is 0.545. The number of hydrogen-bond donors (Lipinski definition) is 2. The number of hydrogen-bond acceptors (Lipinski definition) is 3. The Balaban J connectivity index is 2.97. The van der Waals surface area contributed by atoms with Gasteiger partial charge in [0.2, 0.25) is 5.91 Å². The summed E-state index contributed by atoms with van der Waals surface area (Å²) in [5.74, 6) is -0.434. The van der Waals surface area contributed by atoms with Gasteiger partial charge in [0.15, 0.2) is 0 Å². The van der Waals surface area contributed by atoms with Crippen molar-refractivity contribution in [3.63, 3.8) is 0 Å². The van der Waals surface area contributed by atoms with Crippen LogP contribution in [-0.4, -0.2) is 19.6 Å². The van der Waals surface area contributed by atoms with Crippen molar-refractivity contribution in [2.24, 2.45) is 5.73 Å². The lowest BCUT2D eigenvalue weighted by Crippen LogP contribution is -2.14. The predicted octanol–water partition coefficient (Wildman–Crippen LogP) is 0.557. The fourth-order valence-corrected chi connectivity index (χ4v) is 1.27. The number of amides is 1. The second-order valence-electron chi connectivity index (χ2n) is 3.02. The Labute approximate surface area is 82.8 Å². The molecule has 1 amide bonds. The highest BCUT2D eigenvalue weighted by Gasteiger charge is 2.07. The zero-order valence-corrected chi connectivity index (χ0v) is 8.12. The van der Waals surface area contributed by atoms with Gasteiger partial charge in [-0.2, -0.15) is 0 Å². The second-order valence-corrected chi connectivity index (χ2v) is 3.02. The van der Waals surface area contributed by atoms with Crippen molar-refractivity contribution in [1.82, 2.24) is 0 Å². The molecule has 0 aromatic heterocycles. The molecule has 1 aromatic rings. The molecule has 0 atom stereocenters. The molecule has 0 saturated heterocycles. The number of carbonyl (C=O) groups is 1. The molecule has 0 fully saturated rings. The number of nitrogen functional groups attached to an aromatic ring is 1. The Hall–Kier alpha value is -1.55. The van der Waals surface area contributed by atoms with E-state index >= 15 is 0 Å². The van der Waals surface area contributed by atoms with E-state index in [0.717, 1.165) is 5.56 Å². The van der Waals surface area contributed by atoms with Gasteiger partial charge in [0.25, 0.3) is 0 Å². The second kappa shape index (κ2) is 4.62. The van der Waals surface area contributed by atoms with Crippen molar-refractivity contribution in [2.75, 3.05) is 19.5 Å². The highest BCUT2D eigenvalue weighted by atomic mass is 16.5. The summed E-state index contributed by atoms with van der Waals surface area (Å²) in [5.41, 5.74) is 12.8. The van der Waals surface area contributed by atoms with Crippen molar-refractivity contribution >= 4 is 11.6 Å². The van der Waals surface area contributed by atoms with E-state index in [-0.39, 0.29) is 0 Å². The third-order valence-electron chi connectivity index (χ3n) is 1.97. The van der Waals surface area contributed by atoms with E-state index in [2.05, 4.69) is 0 Å². The van der Waals surface area contributed by atoms with Crippen molar-refractivity contribution in [2.45, 2.75) is 6.42 Å². The van der Waals surface area contributed by atoms with Crippen molar-refractivity contribution in [1.29, 1.82) is 0 Å². The van der Waals surface area contributed by atoms with Crippen LogP contribution >= 0.6 is 0 Å². The summed E-state index contributed by atoms with van der Waals surface area (Å²) >= 11 is 0. The lowest BCUT2D eigenvalue weighted by atomic mass is 10.0. The third kappa shape index (κ3) is 2.47. The van der Waals surface area contributed by atoms with E-state index in [1.54, 1.807) is 25.3 Å². The molecule has 0 aliphatic rings. The Bertz CT molecular complexity index is 337. The maximum atomic E-state index is 11.0. The van der Waals surface area contributed by atoms with E-state index in [1.165, 1.54) is 0 Å². The fraction of sp³-hybridized carbons (Fsp3) is 0.300. The maximum absolute atomic E-state index is 11.0. The molecule has 0 saturated carbocycles. The largest absolute Gasteiger partial charge is 0.399 e. The summed E-state index contributed by atoms with van der Waals surface area (Å²) in [5, 5.41) is 0. The minimum absolute atomic E-state index is 0.434. The van der Waals surface area contributed by atoms with Crippen LogP contribution in [0.1, 0.15) is 15.9 Å². The molecule has 0 aliphatic heterocycles. The predicted molar refractivity (Wildman–Crippen MR) is 55.0 cm³/mol. The van der Waals surface area contributed by atoms with Crippen LogP contribution in [0.5, 0.6) is 0 Å². The first kappa shape index (κ1) is 10.5. The molecule has 0 aliphatic carbocycles. The van der Waals surface area contributed by atoms with Gasteiger partial charge in [-0.3, -0.25) is 4.79 Å². The van der Waals surface area contributed by atoms with Crippen molar-refractivity contribution in [3.8, 4) is 0 Å². The number of methoxy groups -OCH3 is 1. The minimum atomic E-state index is -0.434. The van der Waals surface area contributed by atoms with Crippen LogP contribution in [-0.2, 0) is 11.2 Å². The molecule has 0 spiro atoms. The van der Waals surface area contributed by atoms with Crippen molar-refractivity contribution < 1.29 is 9.53 Å². The number of ether oxygens (including phenoxy) is 1. The molecule has 0 heterocycles. The molecule has 76 valence electrons. The molecule has 0 bridgehead atoms. The van der Waals surface area contributed by atoms with Crippen LogP contribution in [0.4, 0.5) is 5.69 Å². The number of nitrogens with two attached hydrogens (primary N) is 2. The first-order chi connectivity index (χ1) is 6.65. The Kier molecular flexibility index (Phi) is 3.48. The van der Waals surface area contributed by atoms with Crippen LogP contribution < -0.4 is 11.5 Å². The molecule has 14 heavy (non-hydrogen) atoms. The van der Waals surface area contributed by atoms with Crippen LogP contribution in [0, 0.1) is 0 Å². The highest BCUT2D eigenvalue weighted by Crippen LogP contribution is 2.13. The van der Waals surface area contributed by atoms with Gasteiger partial charge in [-0.05, 0) is 30.2 Å². The topological polar surface area (TPSA) is 78.3 Å². The average molecular weight is 194 g/mol. The Morgan fingerprint density at radius 2 is 2.21 bits per heavy atom. The van der Waals surface area contributed by atoms with Crippen molar-refractivity contribution in [3.05, 3.63) is 29.3 Å². The monoisotopic (exact) mass is 194 g/mol. The Morgan fingerprint density at radius 1 is 1.50 bits per heavy atom. The minimum Gasteiger partial charge on any atom is -0.399 e. The van der Waals surface area contributed by atoms with Gasteiger partial charge < -0.3 is 16.2 Å². The van der Waals surface area contributed by atoms with E-state index in [0.29, 0.717) is 24.3 Å². The average Bonchev–Trinajstić information content (AvgIpc) is 2.14. The number of carbonyl (C=O) groups excluding carboxylic acids is 1. The van der Waals surface area contributed by atoms with E-state index < -0.39 is 5.91 Å². The smallest absolute Gasteiger partial charge is 0.248 e. The third-order valence-corrected chi connectivity index (χ3v) is 1.97. The summed E-state index contributed by atoms with van der Waals surface area (Å²) in [6, 6.07) is 5.05. The molecule has 0 unspecified atom stereocenters. The molecule has 4 nitrogen and oxygen atoms in total. The van der Waals surface area contributed by atoms with Crippen LogP contribution in [0.2, 0.25) is 0 Å². The van der Waals surface area contributed by atoms with Gasteiger partial charge in [0.05, 0.1) is 6.61 Å². The molecular formula is C10H14N2O2. The van der Waals surface area contributed by atoms with Crippen LogP contribution in [0.25, 0.3) is 0 Å². The number of rotatable bonds is 4. The molecule has 1 rings (SSSR count). The molecule has 1 aromatic carbocycles. The van der Waals surface area contributed by atoms with Gasteiger partial charge in [-0.25, -0.2) is 0 Å². The van der Waals surface area contributed by atoms with Gasteiger partial charge in [0.1, 0.15) is 0 Å². The maximum Gasteiger partial charge on any atom is 0.248 e. The van der Waals surface area contributed by atoms with Crippen LogP contribution in [0.15, 0.2) is 18.2 Å². The zero-order valence-electron chi connectivity index (χ0n) is 8.12. The lowest BCUT2D eigenvalue weighted by molar-refractivity contribution is 0.0999. The number of primary amides is 1. The molecule has 4 N–H and O–H groups in total. The van der Waals surface area contributed by atoms with Crippen LogP contribution in [0.3, 0.4) is 0 Å². The Morgan fingerprint density at radius 3 is 2.79 bits per heavy atom. The number of anilines is 1. The van der Waals surface area contributed by atoms with Gasteiger partial charge in [0, 0.05) is 18.4 Å². The number of benzene rings is 1. The summed E-state index contributed by atoms with van der Waals surface area (Å²) in [7, 11) is 1.61. The lowest BCUT2D eigenvalue weighted by Gasteiger charge is -2.06. The fourth-order valence-electron chi connectivity index (χ4n) is 1.27. The van der Waals surface area contributed by atoms with E-state index in [4.69, 9.17) is 16.2 Å². The summed E-state index contributed by atoms with van der Waals surface area (Å²) in [6.07, 6.45) is 0.639.